The van der Waals surface area contributed by atoms with Gasteiger partial charge in [-0.05, 0) is 24.1 Å². The molecule has 5 heteroatoms. The Balaban J connectivity index is 1.84. The topological polar surface area (TPSA) is 42.4 Å². The van der Waals surface area contributed by atoms with E-state index in [1.807, 2.05) is 42.5 Å². The average molecular weight is 326 g/mol. The number of ether oxygens (including phenoxy) is 1. The van der Waals surface area contributed by atoms with Crippen LogP contribution < -0.4 is 4.90 Å². The maximum atomic E-state index is 12.4. The fraction of sp³-hybridized carbons (Fsp3) is 0.222. The highest BCUT2D eigenvalue weighted by atomic mass is 32.1. The highest BCUT2D eigenvalue weighted by Crippen LogP contribution is 2.28. The molecule has 1 amide bonds. The molecule has 0 bridgehead atoms. The lowest BCUT2D eigenvalue weighted by molar-refractivity contribution is -0.122. The number of amides is 1. The number of benzene rings is 2. The predicted molar refractivity (Wildman–Crippen MR) is 94.0 cm³/mol. The molecule has 0 atom stereocenters. The van der Waals surface area contributed by atoms with Crippen LogP contribution in [0.2, 0.25) is 0 Å². The zero-order chi connectivity index (χ0) is 16.1. The second-order valence-electron chi connectivity index (χ2n) is 5.18. The lowest BCUT2D eigenvalue weighted by atomic mass is 10.1. The van der Waals surface area contributed by atoms with Crippen LogP contribution in [0.5, 0.6) is 0 Å². The van der Waals surface area contributed by atoms with Crippen LogP contribution in [0.1, 0.15) is 5.56 Å². The van der Waals surface area contributed by atoms with Gasteiger partial charge in [0.05, 0.1) is 10.2 Å². The zero-order valence-corrected chi connectivity index (χ0v) is 13.8. The first-order valence-corrected chi connectivity index (χ1v) is 8.28. The quantitative estimate of drug-likeness (QED) is 0.696. The first-order chi connectivity index (χ1) is 11.3. The number of hydrogen-bond acceptors (Lipinski definition) is 4. The van der Waals surface area contributed by atoms with Crippen molar-refractivity contribution >= 4 is 32.6 Å². The predicted octanol–water partition coefficient (Wildman–Crippen LogP) is 3.52. The maximum absolute atomic E-state index is 12.4. The van der Waals surface area contributed by atoms with Gasteiger partial charge in [-0.3, -0.25) is 9.69 Å². The van der Waals surface area contributed by atoms with Crippen LogP contribution in [0.25, 0.3) is 10.2 Å². The van der Waals surface area contributed by atoms with Crippen molar-refractivity contribution in [1.29, 1.82) is 0 Å². The number of carbonyl (C=O) groups is 1. The smallest absolute Gasteiger partial charge is 0.254 e. The van der Waals surface area contributed by atoms with E-state index in [0.717, 1.165) is 21.8 Å². The average Bonchev–Trinajstić information content (AvgIpc) is 3.00. The van der Waals surface area contributed by atoms with Gasteiger partial charge in [-0.15, -0.1) is 0 Å². The van der Waals surface area contributed by atoms with E-state index >= 15 is 0 Å². The van der Waals surface area contributed by atoms with E-state index < -0.39 is 0 Å². The van der Waals surface area contributed by atoms with Crippen LogP contribution >= 0.6 is 11.3 Å². The number of methoxy groups -OCH3 is 1. The van der Waals surface area contributed by atoms with Crippen LogP contribution in [-0.2, 0) is 16.0 Å². The molecule has 118 valence electrons. The lowest BCUT2D eigenvalue weighted by Gasteiger charge is -2.19. The molecule has 0 saturated carbocycles. The third-order valence-electron chi connectivity index (χ3n) is 3.55. The Hall–Kier alpha value is -2.24. The van der Waals surface area contributed by atoms with Crippen LogP contribution in [0.4, 0.5) is 5.13 Å². The molecule has 0 spiro atoms. The van der Waals surface area contributed by atoms with Crippen molar-refractivity contribution in [3.8, 4) is 0 Å². The molecule has 3 aromatic rings. The second-order valence-corrected chi connectivity index (χ2v) is 6.19. The minimum Gasteiger partial charge on any atom is -0.375 e. The SMILES string of the molecule is COCC(=O)N(CCc1ccccc1)c1nc2ccccc2s1. The Morgan fingerprint density at radius 1 is 1.13 bits per heavy atom. The van der Waals surface area contributed by atoms with Crippen LogP contribution in [-0.4, -0.2) is 31.2 Å². The number of anilines is 1. The highest BCUT2D eigenvalue weighted by molar-refractivity contribution is 7.22. The van der Waals surface area contributed by atoms with Gasteiger partial charge in [-0.2, -0.15) is 0 Å². The van der Waals surface area contributed by atoms with Crippen molar-refractivity contribution in [2.45, 2.75) is 6.42 Å². The van der Waals surface area contributed by atoms with Crippen LogP contribution in [0, 0.1) is 0 Å². The molecule has 0 radical (unpaired) electrons. The van der Waals surface area contributed by atoms with Gasteiger partial charge in [-0.25, -0.2) is 4.98 Å². The van der Waals surface area contributed by atoms with Gasteiger partial charge >= 0.3 is 0 Å². The Bertz CT molecular complexity index is 753. The molecule has 0 fully saturated rings. The summed E-state index contributed by atoms with van der Waals surface area (Å²) in [5, 5.41) is 0.726. The van der Waals surface area contributed by atoms with Crippen molar-refractivity contribution in [3.63, 3.8) is 0 Å². The summed E-state index contributed by atoms with van der Waals surface area (Å²) in [6.45, 7) is 0.650. The van der Waals surface area contributed by atoms with Gasteiger partial charge in [0.15, 0.2) is 5.13 Å². The third kappa shape index (κ3) is 3.75. The molecule has 1 heterocycles. The number of para-hydroxylation sites is 1. The molecule has 4 nitrogen and oxygen atoms in total. The van der Waals surface area contributed by atoms with E-state index in [2.05, 4.69) is 17.1 Å². The minimum absolute atomic E-state index is 0.0602. The summed E-state index contributed by atoms with van der Waals surface area (Å²) >= 11 is 1.53. The fourth-order valence-corrected chi connectivity index (χ4v) is 3.40. The number of nitrogens with zero attached hydrogens (tertiary/aromatic N) is 2. The largest absolute Gasteiger partial charge is 0.375 e. The van der Waals surface area contributed by atoms with Gasteiger partial charge in [0.25, 0.3) is 5.91 Å². The number of rotatable bonds is 6. The van der Waals surface area contributed by atoms with Gasteiger partial charge in [0.1, 0.15) is 6.61 Å². The van der Waals surface area contributed by atoms with Gasteiger partial charge in [0, 0.05) is 13.7 Å². The van der Waals surface area contributed by atoms with Crippen molar-refractivity contribution in [3.05, 3.63) is 60.2 Å². The monoisotopic (exact) mass is 326 g/mol. The van der Waals surface area contributed by atoms with E-state index in [4.69, 9.17) is 4.74 Å². The van der Waals surface area contributed by atoms with E-state index in [-0.39, 0.29) is 12.5 Å². The molecule has 0 saturated heterocycles. The first kappa shape index (κ1) is 15.6. The summed E-state index contributed by atoms with van der Waals surface area (Å²) in [6.07, 6.45) is 0.784. The number of carbonyl (C=O) groups excluding carboxylic acids is 1. The molecule has 23 heavy (non-hydrogen) atoms. The second kappa shape index (κ2) is 7.35. The molecule has 0 N–H and O–H groups in total. The summed E-state index contributed by atoms with van der Waals surface area (Å²) in [7, 11) is 1.53. The van der Waals surface area contributed by atoms with E-state index in [9.17, 15) is 4.79 Å². The molecular weight excluding hydrogens is 308 g/mol. The molecule has 0 aliphatic rings. The molecule has 1 aromatic heterocycles. The van der Waals surface area contributed by atoms with Crippen LogP contribution in [0.15, 0.2) is 54.6 Å². The summed E-state index contributed by atoms with van der Waals surface area (Å²) < 4.78 is 6.10. The fourth-order valence-electron chi connectivity index (χ4n) is 2.39. The van der Waals surface area contributed by atoms with Gasteiger partial charge in [-0.1, -0.05) is 53.8 Å². The van der Waals surface area contributed by atoms with Crippen molar-refractivity contribution < 1.29 is 9.53 Å². The van der Waals surface area contributed by atoms with Crippen molar-refractivity contribution in [2.24, 2.45) is 0 Å². The minimum atomic E-state index is -0.0671. The normalized spacial score (nSPS) is 10.8. The lowest BCUT2D eigenvalue weighted by Crippen LogP contribution is -2.35. The Labute approximate surface area is 139 Å². The molecule has 0 aliphatic heterocycles. The molecule has 2 aromatic carbocycles. The third-order valence-corrected chi connectivity index (χ3v) is 4.61. The summed E-state index contributed by atoms with van der Waals surface area (Å²) in [4.78, 5) is 18.7. The van der Waals surface area contributed by atoms with Crippen molar-refractivity contribution in [2.75, 3.05) is 25.2 Å². The Morgan fingerprint density at radius 2 is 1.87 bits per heavy atom. The number of fused-ring (bicyclic) bond motifs is 1. The molecule has 0 unspecified atom stereocenters. The maximum Gasteiger partial charge on any atom is 0.254 e. The Morgan fingerprint density at radius 3 is 2.61 bits per heavy atom. The summed E-state index contributed by atoms with van der Waals surface area (Å²) in [5.74, 6) is -0.0671. The summed E-state index contributed by atoms with van der Waals surface area (Å²) in [5.41, 5.74) is 2.12. The highest BCUT2D eigenvalue weighted by Gasteiger charge is 2.19. The van der Waals surface area contributed by atoms with E-state index in [0.29, 0.717) is 6.54 Å². The standard InChI is InChI=1S/C18H18N2O2S/c1-22-13-17(21)20(12-11-14-7-3-2-4-8-14)18-19-15-9-5-6-10-16(15)23-18/h2-10H,11-13H2,1H3. The summed E-state index contributed by atoms with van der Waals surface area (Å²) in [6, 6.07) is 18.1. The van der Waals surface area contributed by atoms with Crippen LogP contribution in [0.3, 0.4) is 0 Å². The molecule has 0 aliphatic carbocycles. The molecule has 3 rings (SSSR count). The van der Waals surface area contributed by atoms with E-state index in [1.165, 1.54) is 24.0 Å². The number of hydrogen-bond donors (Lipinski definition) is 0. The first-order valence-electron chi connectivity index (χ1n) is 7.47. The van der Waals surface area contributed by atoms with Gasteiger partial charge in [0.2, 0.25) is 0 Å². The van der Waals surface area contributed by atoms with Crippen molar-refractivity contribution in [1.82, 2.24) is 4.98 Å². The van der Waals surface area contributed by atoms with Gasteiger partial charge < -0.3 is 4.74 Å². The molecular formula is C18H18N2O2S. The van der Waals surface area contributed by atoms with E-state index in [1.54, 1.807) is 4.90 Å². The number of thiazole rings is 1. The zero-order valence-electron chi connectivity index (χ0n) is 12.9. The number of aromatic nitrogens is 1. The Kier molecular flexibility index (Phi) is 5.00.